The first kappa shape index (κ1) is 20.8. The predicted molar refractivity (Wildman–Crippen MR) is 118 cm³/mol. The molecule has 4 rings (SSSR count). The van der Waals surface area contributed by atoms with Crippen molar-refractivity contribution in [3.05, 3.63) is 77.4 Å². The van der Waals surface area contributed by atoms with Crippen molar-refractivity contribution >= 4 is 46.4 Å². The minimum atomic E-state index is -1.14. The molecular weight excluding hydrogens is 412 g/mol. The van der Waals surface area contributed by atoms with Gasteiger partial charge in [-0.05, 0) is 54.1 Å². The van der Waals surface area contributed by atoms with Gasteiger partial charge >= 0.3 is 12.0 Å². The molecule has 0 spiro atoms. The molecule has 32 heavy (non-hydrogen) atoms. The Kier molecular flexibility index (Phi) is 5.43. The molecule has 8 heteroatoms. The highest BCUT2D eigenvalue weighted by atomic mass is 16.5. The Morgan fingerprint density at radius 2 is 1.75 bits per heavy atom. The number of nitrogens with zero attached hydrogens (tertiary/aromatic N) is 1. The number of hydrogen-bond donors (Lipinski definition) is 2. The summed E-state index contributed by atoms with van der Waals surface area (Å²) in [5, 5.41) is 12.9. The number of anilines is 1. The van der Waals surface area contributed by atoms with Crippen molar-refractivity contribution in [3.63, 3.8) is 0 Å². The zero-order valence-electron chi connectivity index (χ0n) is 17.0. The van der Waals surface area contributed by atoms with Crippen LogP contribution in [0.25, 0.3) is 16.8 Å². The summed E-state index contributed by atoms with van der Waals surface area (Å²) in [6.45, 7) is 2.21. The van der Waals surface area contributed by atoms with Crippen molar-refractivity contribution in [3.8, 4) is 5.75 Å². The maximum Gasteiger partial charge on any atom is 0.335 e. The lowest BCUT2D eigenvalue weighted by Crippen LogP contribution is -2.54. The zero-order valence-corrected chi connectivity index (χ0v) is 17.0. The Bertz CT molecular complexity index is 1290. The van der Waals surface area contributed by atoms with Crippen molar-refractivity contribution in [2.45, 2.75) is 6.92 Å². The SMILES string of the molecule is CCOc1ccc2ccccc2c1/C=C1\C(=O)NC(=O)N(c2ccc(C(=O)O)cc2)C1=O. The molecule has 1 heterocycles. The maximum atomic E-state index is 13.2. The number of benzene rings is 3. The van der Waals surface area contributed by atoms with Gasteiger partial charge in [-0.2, -0.15) is 0 Å². The average Bonchev–Trinajstić information content (AvgIpc) is 2.78. The second kappa shape index (κ2) is 8.35. The number of nitrogens with one attached hydrogen (secondary N) is 1. The van der Waals surface area contributed by atoms with Gasteiger partial charge in [-0.1, -0.05) is 30.3 Å². The van der Waals surface area contributed by atoms with Gasteiger partial charge in [0.2, 0.25) is 0 Å². The van der Waals surface area contributed by atoms with Gasteiger partial charge in [0.15, 0.2) is 0 Å². The first-order valence-corrected chi connectivity index (χ1v) is 9.80. The molecular formula is C24H18N2O6. The predicted octanol–water partition coefficient (Wildman–Crippen LogP) is 3.60. The number of barbiturate groups is 1. The van der Waals surface area contributed by atoms with E-state index in [1.165, 1.54) is 30.3 Å². The quantitative estimate of drug-likeness (QED) is 0.472. The zero-order chi connectivity index (χ0) is 22.8. The van der Waals surface area contributed by atoms with Crippen LogP contribution in [0, 0.1) is 0 Å². The monoisotopic (exact) mass is 430 g/mol. The second-order valence-electron chi connectivity index (χ2n) is 6.94. The summed E-state index contributed by atoms with van der Waals surface area (Å²) >= 11 is 0. The molecule has 0 saturated carbocycles. The van der Waals surface area contributed by atoms with Gasteiger partial charge in [0.25, 0.3) is 11.8 Å². The fraction of sp³-hybridized carbons (Fsp3) is 0.0833. The van der Waals surface area contributed by atoms with Crippen molar-refractivity contribution in [1.29, 1.82) is 0 Å². The van der Waals surface area contributed by atoms with Crippen molar-refractivity contribution in [2.24, 2.45) is 0 Å². The van der Waals surface area contributed by atoms with E-state index in [1.807, 2.05) is 37.3 Å². The molecule has 8 nitrogen and oxygen atoms in total. The van der Waals surface area contributed by atoms with Gasteiger partial charge in [0.05, 0.1) is 17.9 Å². The fourth-order valence-electron chi connectivity index (χ4n) is 3.50. The van der Waals surface area contributed by atoms with Gasteiger partial charge in [-0.3, -0.25) is 14.9 Å². The van der Waals surface area contributed by atoms with Crippen molar-refractivity contribution in [2.75, 3.05) is 11.5 Å². The molecule has 0 bridgehead atoms. The second-order valence-corrected chi connectivity index (χ2v) is 6.94. The summed E-state index contributed by atoms with van der Waals surface area (Å²) in [5.74, 6) is -2.29. The molecule has 160 valence electrons. The normalized spacial score (nSPS) is 15.2. The molecule has 4 amide bonds. The number of carbonyl (C=O) groups excluding carboxylic acids is 3. The van der Waals surface area contributed by atoms with E-state index >= 15 is 0 Å². The summed E-state index contributed by atoms with van der Waals surface area (Å²) in [5.41, 5.74) is 0.435. The van der Waals surface area contributed by atoms with Crippen LogP contribution in [-0.2, 0) is 9.59 Å². The van der Waals surface area contributed by atoms with E-state index in [0.29, 0.717) is 17.9 Å². The number of imide groups is 2. The van der Waals surface area contributed by atoms with Gasteiger partial charge < -0.3 is 9.84 Å². The number of carboxylic acids is 1. The van der Waals surface area contributed by atoms with Crippen LogP contribution in [0.4, 0.5) is 10.5 Å². The number of carbonyl (C=O) groups is 4. The summed E-state index contributed by atoms with van der Waals surface area (Å²) in [7, 11) is 0. The molecule has 1 saturated heterocycles. The topological polar surface area (TPSA) is 113 Å². The van der Waals surface area contributed by atoms with E-state index < -0.39 is 23.8 Å². The van der Waals surface area contributed by atoms with E-state index in [1.54, 1.807) is 6.07 Å². The lowest BCUT2D eigenvalue weighted by Gasteiger charge is -2.26. The summed E-state index contributed by atoms with van der Waals surface area (Å²) in [6, 6.07) is 15.4. The largest absolute Gasteiger partial charge is 0.493 e. The highest BCUT2D eigenvalue weighted by Crippen LogP contribution is 2.32. The number of rotatable bonds is 5. The lowest BCUT2D eigenvalue weighted by molar-refractivity contribution is -0.122. The van der Waals surface area contributed by atoms with E-state index in [2.05, 4.69) is 5.32 Å². The Balaban J connectivity index is 1.82. The van der Waals surface area contributed by atoms with E-state index in [-0.39, 0.29) is 16.8 Å². The number of fused-ring (bicyclic) bond motifs is 1. The van der Waals surface area contributed by atoms with Crippen LogP contribution in [-0.4, -0.2) is 35.5 Å². The Hall–Kier alpha value is -4.46. The van der Waals surface area contributed by atoms with E-state index in [4.69, 9.17) is 9.84 Å². The summed E-state index contributed by atoms with van der Waals surface area (Å²) in [4.78, 5) is 50.1. The number of amides is 4. The minimum absolute atomic E-state index is 0.00238. The fourth-order valence-corrected chi connectivity index (χ4v) is 3.50. The third-order valence-corrected chi connectivity index (χ3v) is 4.99. The van der Waals surface area contributed by atoms with Crippen LogP contribution in [0.1, 0.15) is 22.8 Å². The molecule has 2 N–H and O–H groups in total. The van der Waals surface area contributed by atoms with Gasteiger partial charge in [0.1, 0.15) is 11.3 Å². The molecule has 0 atom stereocenters. The third-order valence-electron chi connectivity index (χ3n) is 4.99. The molecule has 1 fully saturated rings. The highest BCUT2D eigenvalue weighted by molar-refractivity contribution is 6.39. The van der Waals surface area contributed by atoms with Crippen LogP contribution in [0.5, 0.6) is 5.75 Å². The summed E-state index contributed by atoms with van der Waals surface area (Å²) < 4.78 is 5.70. The van der Waals surface area contributed by atoms with Crippen LogP contribution in [0.3, 0.4) is 0 Å². The lowest BCUT2D eigenvalue weighted by atomic mass is 9.99. The average molecular weight is 430 g/mol. The molecule has 0 unspecified atom stereocenters. The van der Waals surface area contributed by atoms with Crippen LogP contribution in [0.15, 0.2) is 66.2 Å². The van der Waals surface area contributed by atoms with E-state index in [9.17, 15) is 19.2 Å². The Labute approximate surface area is 182 Å². The molecule has 0 radical (unpaired) electrons. The standard InChI is InChI=1S/C24H18N2O6/c1-2-32-20-12-9-14-5-3-4-6-17(14)18(20)13-19-21(27)25-24(31)26(22(19)28)16-10-7-15(8-11-16)23(29)30/h3-13H,2H2,1H3,(H,29,30)(H,25,27,31)/b19-13+. The van der Waals surface area contributed by atoms with Gasteiger partial charge in [-0.25, -0.2) is 14.5 Å². The van der Waals surface area contributed by atoms with E-state index in [0.717, 1.165) is 15.7 Å². The molecule has 3 aromatic carbocycles. The number of hydrogen-bond acceptors (Lipinski definition) is 5. The third kappa shape index (κ3) is 3.69. The molecule has 0 aliphatic carbocycles. The first-order chi connectivity index (χ1) is 15.4. The van der Waals surface area contributed by atoms with Crippen molar-refractivity contribution < 1.29 is 29.0 Å². The van der Waals surface area contributed by atoms with Crippen LogP contribution in [0.2, 0.25) is 0 Å². The first-order valence-electron chi connectivity index (χ1n) is 9.80. The van der Waals surface area contributed by atoms with Crippen molar-refractivity contribution in [1.82, 2.24) is 5.32 Å². The molecule has 1 aliphatic rings. The number of carboxylic acid groups (broad SMARTS) is 1. The van der Waals surface area contributed by atoms with Gasteiger partial charge in [-0.15, -0.1) is 0 Å². The number of ether oxygens (including phenoxy) is 1. The van der Waals surface area contributed by atoms with Gasteiger partial charge in [0, 0.05) is 5.56 Å². The maximum absolute atomic E-state index is 13.2. The summed E-state index contributed by atoms with van der Waals surface area (Å²) in [6.07, 6.45) is 1.41. The Morgan fingerprint density at radius 1 is 1.03 bits per heavy atom. The highest BCUT2D eigenvalue weighted by Gasteiger charge is 2.37. The number of urea groups is 1. The molecule has 1 aliphatic heterocycles. The Morgan fingerprint density at radius 3 is 2.44 bits per heavy atom. The van der Waals surface area contributed by atoms with Crippen LogP contribution >= 0.6 is 0 Å². The minimum Gasteiger partial charge on any atom is -0.493 e. The smallest absolute Gasteiger partial charge is 0.335 e. The molecule has 0 aromatic heterocycles. The molecule has 3 aromatic rings. The number of aromatic carboxylic acids is 1. The van der Waals surface area contributed by atoms with Crippen LogP contribution < -0.4 is 15.0 Å².